The Morgan fingerprint density at radius 1 is 0.280 bits per heavy atom. The summed E-state index contributed by atoms with van der Waals surface area (Å²) in [7, 11) is 0. The molecule has 0 bridgehead atoms. The number of carbonyl (C=O) groups excluding carboxylic acids is 3. The first-order valence-electron chi connectivity index (χ1n) is 31.7. The van der Waals surface area contributed by atoms with Crippen LogP contribution in [-0.4, -0.2) is 37.2 Å². The average Bonchev–Trinajstić information content (AvgIpc) is 3.41. The second-order valence-corrected chi connectivity index (χ2v) is 20.9. The molecule has 0 saturated heterocycles. The van der Waals surface area contributed by atoms with Crippen LogP contribution < -0.4 is 0 Å². The first-order valence-corrected chi connectivity index (χ1v) is 31.7. The van der Waals surface area contributed by atoms with Gasteiger partial charge in [0.2, 0.25) is 0 Å². The van der Waals surface area contributed by atoms with Crippen molar-refractivity contribution >= 4 is 17.9 Å². The normalized spacial score (nSPS) is 12.7. The topological polar surface area (TPSA) is 78.9 Å². The molecule has 0 saturated carbocycles. The molecule has 0 N–H and O–H groups in total. The lowest BCUT2D eigenvalue weighted by Crippen LogP contribution is -2.30. The van der Waals surface area contributed by atoms with Gasteiger partial charge in [0.25, 0.3) is 0 Å². The lowest BCUT2D eigenvalue weighted by Gasteiger charge is -2.18. The SMILES string of the molecule is CC/C=C\C/C=C\C/C=C\C/C=C\CCCCCCC(=O)O[C@H](COC(=O)CCCCC/C=C\C/C=C\C/C=C\C/C=C\CCCCC)COC(=O)CCCCCCCCCCCCCCCCCCCCCCC. The van der Waals surface area contributed by atoms with Crippen LogP contribution in [0.5, 0.6) is 0 Å². The third-order valence-corrected chi connectivity index (χ3v) is 13.6. The van der Waals surface area contributed by atoms with Crippen LogP contribution in [0.2, 0.25) is 0 Å². The van der Waals surface area contributed by atoms with Gasteiger partial charge in [-0.2, -0.15) is 0 Å². The Bertz CT molecular complexity index is 1480. The summed E-state index contributed by atoms with van der Waals surface area (Å²) < 4.78 is 16.9. The molecule has 0 aliphatic heterocycles. The lowest BCUT2D eigenvalue weighted by atomic mass is 10.0. The molecule has 0 aliphatic rings. The van der Waals surface area contributed by atoms with E-state index < -0.39 is 6.10 Å². The zero-order chi connectivity index (χ0) is 54.3. The maximum absolute atomic E-state index is 12.9. The zero-order valence-electron chi connectivity index (χ0n) is 49.3. The summed E-state index contributed by atoms with van der Waals surface area (Å²) in [6, 6.07) is 0. The second-order valence-electron chi connectivity index (χ2n) is 20.9. The Balaban J connectivity index is 4.44. The summed E-state index contributed by atoms with van der Waals surface area (Å²) in [5, 5.41) is 0. The van der Waals surface area contributed by atoms with Crippen LogP contribution in [0.3, 0.4) is 0 Å². The van der Waals surface area contributed by atoms with Gasteiger partial charge < -0.3 is 14.2 Å². The predicted octanol–water partition coefficient (Wildman–Crippen LogP) is 21.7. The molecule has 75 heavy (non-hydrogen) atoms. The summed E-state index contributed by atoms with van der Waals surface area (Å²) in [6.07, 6.45) is 84.1. The largest absolute Gasteiger partial charge is 0.462 e. The number of allylic oxidation sites excluding steroid dienone is 16. The van der Waals surface area contributed by atoms with Gasteiger partial charge in [-0.3, -0.25) is 14.4 Å². The van der Waals surface area contributed by atoms with Crippen LogP contribution in [0.1, 0.15) is 303 Å². The van der Waals surface area contributed by atoms with Crippen LogP contribution in [0, 0.1) is 0 Å². The van der Waals surface area contributed by atoms with Crippen molar-refractivity contribution in [2.24, 2.45) is 0 Å². The molecular weight excluding hydrogens is 925 g/mol. The highest BCUT2D eigenvalue weighted by atomic mass is 16.6. The van der Waals surface area contributed by atoms with E-state index in [2.05, 4.69) is 118 Å². The van der Waals surface area contributed by atoms with Crippen LogP contribution in [0.4, 0.5) is 0 Å². The van der Waals surface area contributed by atoms with Gasteiger partial charge in [0, 0.05) is 19.3 Å². The molecule has 1 atom stereocenters. The maximum atomic E-state index is 12.9. The predicted molar refractivity (Wildman–Crippen MR) is 325 cm³/mol. The van der Waals surface area contributed by atoms with E-state index in [1.807, 2.05) is 0 Å². The Morgan fingerprint density at radius 2 is 0.520 bits per heavy atom. The van der Waals surface area contributed by atoms with Crippen LogP contribution in [0.15, 0.2) is 97.2 Å². The third kappa shape index (κ3) is 61.1. The van der Waals surface area contributed by atoms with Gasteiger partial charge in [0.1, 0.15) is 13.2 Å². The second kappa shape index (κ2) is 62.9. The minimum Gasteiger partial charge on any atom is -0.462 e. The number of hydrogen-bond acceptors (Lipinski definition) is 6. The first kappa shape index (κ1) is 71.3. The molecule has 0 unspecified atom stereocenters. The molecule has 0 spiro atoms. The van der Waals surface area contributed by atoms with Gasteiger partial charge in [-0.1, -0.05) is 279 Å². The minimum atomic E-state index is -0.805. The van der Waals surface area contributed by atoms with Gasteiger partial charge in [-0.05, 0) is 103 Å². The van der Waals surface area contributed by atoms with Crippen molar-refractivity contribution < 1.29 is 28.6 Å². The molecular formula is C69H118O6. The molecule has 6 nitrogen and oxygen atoms in total. The number of unbranched alkanes of at least 4 members (excludes halogenated alkanes) is 30. The quantitative estimate of drug-likeness (QED) is 0.0261. The highest BCUT2D eigenvalue weighted by Crippen LogP contribution is 2.16. The molecule has 0 amide bonds. The Hall–Kier alpha value is -3.67. The van der Waals surface area contributed by atoms with Crippen molar-refractivity contribution in [3.63, 3.8) is 0 Å². The highest BCUT2D eigenvalue weighted by Gasteiger charge is 2.19. The van der Waals surface area contributed by atoms with E-state index in [0.29, 0.717) is 19.3 Å². The zero-order valence-corrected chi connectivity index (χ0v) is 49.3. The fraction of sp³-hybridized carbons (Fsp3) is 0.725. The van der Waals surface area contributed by atoms with Crippen LogP contribution in [-0.2, 0) is 28.6 Å². The molecule has 0 rings (SSSR count). The summed E-state index contributed by atoms with van der Waals surface area (Å²) in [5.41, 5.74) is 0. The Labute approximate surface area is 464 Å². The van der Waals surface area contributed by atoms with Crippen LogP contribution in [0.25, 0.3) is 0 Å². The number of rotatable bonds is 57. The van der Waals surface area contributed by atoms with Crippen molar-refractivity contribution in [3.8, 4) is 0 Å². The molecule has 0 heterocycles. The van der Waals surface area contributed by atoms with Crippen molar-refractivity contribution in [2.75, 3.05) is 13.2 Å². The van der Waals surface area contributed by atoms with E-state index in [-0.39, 0.29) is 31.1 Å². The summed E-state index contributed by atoms with van der Waals surface area (Å²) in [6.45, 7) is 6.48. The third-order valence-electron chi connectivity index (χ3n) is 13.6. The van der Waals surface area contributed by atoms with E-state index in [4.69, 9.17) is 14.2 Å². The molecule has 430 valence electrons. The summed E-state index contributed by atoms with van der Waals surface area (Å²) >= 11 is 0. The molecule has 0 aromatic rings. The fourth-order valence-corrected chi connectivity index (χ4v) is 8.83. The average molecular weight is 1040 g/mol. The molecule has 0 aromatic carbocycles. The fourth-order valence-electron chi connectivity index (χ4n) is 8.83. The molecule has 0 aliphatic carbocycles. The molecule has 6 heteroatoms. The van der Waals surface area contributed by atoms with Crippen molar-refractivity contribution in [1.29, 1.82) is 0 Å². The molecule has 0 radical (unpaired) electrons. The Kier molecular flexibility index (Phi) is 59.8. The first-order chi connectivity index (χ1) is 37.0. The van der Waals surface area contributed by atoms with Gasteiger partial charge in [0.05, 0.1) is 0 Å². The standard InChI is InChI=1S/C69H118O6/c1-4-7-10-13-16-19-22-25-28-31-33-34-36-39-41-44-47-50-53-56-59-62-68(71)74-65-66(75-69(72)63-60-57-54-51-48-45-42-37-30-27-24-21-18-15-12-9-6-3)64-73-67(70)61-58-55-52-49-46-43-40-38-35-32-29-26-23-20-17-14-11-8-5-2/h9,12,17-18,20-21,26-27,29-30,35,38,42-43,45-46,66H,4-8,10-11,13-16,19,22-25,28,31-34,36-37,39-41,44,47-65H2,1-3H3/b12-9-,20-17-,21-18-,29-26-,30-27-,38-35-,45-42-,46-43-/t66-/m1/s1. The van der Waals surface area contributed by atoms with Gasteiger partial charge in [-0.25, -0.2) is 0 Å². The van der Waals surface area contributed by atoms with Crippen LogP contribution >= 0.6 is 0 Å². The number of ether oxygens (including phenoxy) is 3. The van der Waals surface area contributed by atoms with Crippen molar-refractivity contribution in [2.45, 2.75) is 309 Å². The monoisotopic (exact) mass is 1040 g/mol. The lowest BCUT2D eigenvalue weighted by molar-refractivity contribution is -0.167. The van der Waals surface area contributed by atoms with E-state index in [1.165, 1.54) is 141 Å². The number of esters is 3. The van der Waals surface area contributed by atoms with E-state index >= 15 is 0 Å². The van der Waals surface area contributed by atoms with Gasteiger partial charge in [-0.15, -0.1) is 0 Å². The Morgan fingerprint density at radius 3 is 0.853 bits per heavy atom. The summed E-state index contributed by atoms with van der Waals surface area (Å²) in [5.74, 6) is -0.942. The minimum absolute atomic E-state index is 0.0962. The smallest absolute Gasteiger partial charge is 0.306 e. The number of carbonyl (C=O) groups is 3. The van der Waals surface area contributed by atoms with Gasteiger partial charge in [0.15, 0.2) is 6.10 Å². The maximum Gasteiger partial charge on any atom is 0.306 e. The van der Waals surface area contributed by atoms with Crippen molar-refractivity contribution in [3.05, 3.63) is 97.2 Å². The van der Waals surface area contributed by atoms with Crippen molar-refractivity contribution in [1.82, 2.24) is 0 Å². The van der Waals surface area contributed by atoms with E-state index in [0.717, 1.165) is 122 Å². The number of hydrogen-bond donors (Lipinski definition) is 0. The summed E-state index contributed by atoms with van der Waals surface area (Å²) in [4.78, 5) is 38.3. The van der Waals surface area contributed by atoms with E-state index in [9.17, 15) is 14.4 Å². The molecule has 0 fully saturated rings. The van der Waals surface area contributed by atoms with E-state index in [1.54, 1.807) is 0 Å². The van der Waals surface area contributed by atoms with Gasteiger partial charge >= 0.3 is 17.9 Å². The molecule has 0 aromatic heterocycles. The highest BCUT2D eigenvalue weighted by molar-refractivity contribution is 5.71.